The van der Waals surface area contributed by atoms with Gasteiger partial charge in [0.15, 0.2) is 0 Å². The molecule has 2 saturated carbocycles. The number of hydrogen-bond acceptors (Lipinski definition) is 2. The van der Waals surface area contributed by atoms with Gasteiger partial charge in [0.25, 0.3) is 0 Å². The van der Waals surface area contributed by atoms with E-state index in [0.29, 0.717) is 0 Å². The van der Waals surface area contributed by atoms with Gasteiger partial charge in [-0.15, -0.1) is 0 Å². The summed E-state index contributed by atoms with van der Waals surface area (Å²) < 4.78 is 0. The molecule has 17 heavy (non-hydrogen) atoms. The minimum Gasteiger partial charge on any atom is -0.310 e. The molecule has 1 atom stereocenters. The van der Waals surface area contributed by atoms with Crippen molar-refractivity contribution in [2.24, 2.45) is 5.92 Å². The molecule has 2 heteroatoms. The molecule has 3 aliphatic rings. The molecular formula is C15H28N2. The van der Waals surface area contributed by atoms with Crippen LogP contribution in [0.2, 0.25) is 0 Å². The standard InChI is InChI=1S/C15H28N2/c1-2-12-3-7-15(8-4-12)17-10-9-14(11-17)16-13-5-6-13/h12-16H,2-11H2,1H3. The molecule has 98 valence electrons. The molecule has 0 aromatic carbocycles. The van der Waals surface area contributed by atoms with E-state index in [1.165, 1.54) is 64.5 Å². The van der Waals surface area contributed by atoms with Crippen LogP contribution in [-0.2, 0) is 0 Å². The summed E-state index contributed by atoms with van der Waals surface area (Å²) in [5.41, 5.74) is 0. The summed E-state index contributed by atoms with van der Waals surface area (Å²) >= 11 is 0. The highest BCUT2D eigenvalue weighted by atomic mass is 15.2. The van der Waals surface area contributed by atoms with Crippen LogP contribution < -0.4 is 5.32 Å². The van der Waals surface area contributed by atoms with Crippen molar-refractivity contribution in [3.63, 3.8) is 0 Å². The number of nitrogens with one attached hydrogen (secondary N) is 1. The summed E-state index contributed by atoms with van der Waals surface area (Å²) in [6, 6.07) is 2.62. The third-order valence-electron chi connectivity index (χ3n) is 5.18. The second-order valence-corrected chi connectivity index (χ2v) is 6.50. The highest BCUT2D eigenvalue weighted by Crippen LogP contribution is 2.31. The summed E-state index contributed by atoms with van der Waals surface area (Å²) in [7, 11) is 0. The molecule has 1 heterocycles. The minimum absolute atomic E-state index is 0.811. The summed E-state index contributed by atoms with van der Waals surface area (Å²) in [4.78, 5) is 2.78. The molecule has 3 rings (SSSR count). The average Bonchev–Trinajstić information content (AvgIpc) is 3.06. The maximum absolute atomic E-state index is 3.80. The van der Waals surface area contributed by atoms with Crippen molar-refractivity contribution in [3.8, 4) is 0 Å². The Bertz CT molecular complexity index is 241. The van der Waals surface area contributed by atoms with E-state index in [0.717, 1.165) is 24.0 Å². The van der Waals surface area contributed by atoms with Crippen LogP contribution >= 0.6 is 0 Å². The molecule has 1 aliphatic heterocycles. The van der Waals surface area contributed by atoms with Crippen LogP contribution in [0, 0.1) is 5.92 Å². The molecule has 0 radical (unpaired) electrons. The van der Waals surface area contributed by atoms with Crippen LogP contribution in [0.4, 0.5) is 0 Å². The Hall–Kier alpha value is -0.0800. The molecule has 0 aromatic rings. The van der Waals surface area contributed by atoms with E-state index in [2.05, 4.69) is 17.1 Å². The van der Waals surface area contributed by atoms with Crippen molar-refractivity contribution in [3.05, 3.63) is 0 Å². The summed E-state index contributed by atoms with van der Waals surface area (Å²) in [5.74, 6) is 1.04. The fourth-order valence-electron chi connectivity index (χ4n) is 3.76. The highest BCUT2D eigenvalue weighted by Gasteiger charge is 2.33. The fourth-order valence-corrected chi connectivity index (χ4v) is 3.76. The summed E-state index contributed by atoms with van der Waals surface area (Å²) in [6.07, 6.45) is 11.6. The molecule has 1 saturated heterocycles. The Morgan fingerprint density at radius 3 is 2.35 bits per heavy atom. The van der Waals surface area contributed by atoms with Crippen molar-refractivity contribution in [2.45, 2.75) is 76.4 Å². The lowest BCUT2D eigenvalue weighted by Gasteiger charge is -2.34. The molecule has 0 amide bonds. The predicted molar refractivity (Wildman–Crippen MR) is 72.2 cm³/mol. The monoisotopic (exact) mass is 236 g/mol. The van der Waals surface area contributed by atoms with Gasteiger partial charge in [0, 0.05) is 31.2 Å². The molecule has 2 aliphatic carbocycles. The lowest BCUT2D eigenvalue weighted by Crippen LogP contribution is -2.39. The lowest BCUT2D eigenvalue weighted by molar-refractivity contribution is 0.160. The molecule has 0 spiro atoms. The third kappa shape index (κ3) is 3.03. The van der Waals surface area contributed by atoms with Crippen molar-refractivity contribution in [2.75, 3.05) is 13.1 Å². The van der Waals surface area contributed by atoms with Crippen molar-refractivity contribution in [1.82, 2.24) is 10.2 Å². The topological polar surface area (TPSA) is 15.3 Å². The van der Waals surface area contributed by atoms with Crippen LogP contribution in [0.3, 0.4) is 0 Å². The van der Waals surface area contributed by atoms with Crippen LogP contribution in [-0.4, -0.2) is 36.1 Å². The van der Waals surface area contributed by atoms with Crippen LogP contribution in [0.1, 0.15) is 58.3 Å². The van der Waals surface area contributed by atoms with E-state index in [1.807, 2.05) is 0 Å². The zero-order valence-electron chi connectivity index (χ0n) is 11.3. The van der Waals surface area contributed by atoms with E-state index in [-0.39, 0.29) is 0 Å². The zero-order valence-corrected chi connectivity index (χ0v) is 11.3. The Balaban J connectivity index is 1.43. The van der Waals surface area contributed by atoms with Gasteiger partial charge in [-0.3, -0.25) is 4.90 Å². The first kappa shape index (κ1) is 12.0. The second kappa shape index (κ2) is 5.27. The number of likely N-dealkylation sites (tertiary alicyclic amines) is 1. The smallest absolute Gasteiger partial charge is 0.0209 e. The first-order chi connectivity index (χ1) is 8.35. The Morgan fingerprint density at radius 2 is 1.71 bits per heavy atom. The second-order valence-electron chi connectivity index (χ2n) is 6.50. The molecule has 3 fully saturated rings. The molecule has 1 unspecified atom stereocenters. The van der Waals surface area contributed by atoms with Gasteiger partial charge in [-0.05, 0) is 50.9 Å². The SMILES string of the molecule is CCC1CCC(N2CCC(NC3CC3)C2)CC1. The van der Waals surface area contributed by atoms with E-state index in [9.17, 15) is 0 Å². The van der Waals surface area contributed by atoms with Gasteiger partial charge >= 0.3 is 0 Å². The van der Waals surface area contributed by atoms with Crippen molar-refractivity contribution in [1.29, 1.82) is 0 Å². The summed E-state index contributed by atoms with van der Waals surface area (Å²) in [5, 5.41) is 3.80. The van der Waals surface area contributed by atoms with Gasteiger partial charge in [-0.1, -0.05) is 13.3 Å². The average molecular weight is 236 g/mol. The Morgan fingerprint density at radius 1 is 0.941 bits per heavy atom. The van der Waals surface area contributed by atoms with Gasteiger partial charge in [0.1, 0.15) is 0 Å². The lowest BCUT2D eigenvalue weighted by atomic mass is 9.84. The van der Waals surface area contributed by atoms with Gasteiger partial charge in [-0.2, -0.15) is 0 Å². The number of hydrogen-bond donors (Lipinski definition) is 1. The number of nitrogens with zero attached hydrogens (tertiary/aromatic N) is 1. The first-order valence-corrected chi connectivity index (χ1v) is 7.85. The van der Waals surface area contributed by atoms with Crippen LogP contribution in [0.15, 0.2) is 0 Å². The molecule has 0 bridgehead atoms. The normalized spacial score (nSPS) is 39.7. The Kier molecular flexibility index (Phi) is 3.72. The largest absolute Gasteiger partial charge is 0.310 e. The third-order valence-corrected chi connectivity index (χ3v) is 5.18. The quantitative estimate of drug-likeness (QED) is 0.807. The van der Waals surface area contributed by atoms with Crippen LogP contribution in [0.25, 0.3) is 0 Å². The summed E-state index contributed by atoms with van der Waals surface area (Å²) in [6.45, 7) is 5.04. The Labute approximate surface area is 106 Å². The van der Waals surface area contributed by atoms with E-state index < -0.39 is 0 Å². The first-order valence-electron chi connectivity index (χ1n) is 7.85. The van der Waals surface area contributed by atoms with E-state index in [1.54, 1.807) is 0 Å². The number of rotatable bonds is 4. The van der Waals surface area contributed by atoms with Crippen LogP contribution in [0.5, 0.6) is 0 Å². The van der Waals surface area contributed by atoms with E-state index >= 15 is 0 Å². The maximum Gasteiger partial charge on any atom is 0.0209 e. The molecule has 0 aromatic heterocycles. The maximum atomic E-state index is 3.80. The van der Waals surface area contributed by atoms with E-state index in [4.69, 9.17) is 0 Å². The fraction of sp³-hybridized carbons (Fsp3) is 1.00. The molecule has 1 N–H and O–H groups in total. The highest BCUT2D eigenvalue weighted by molar-refractivity contribution is 4.92. The van der Waals surface area contributed by atoms with Crippen molar-refractivity contribution >= 4 is 0 Å². The molecular weight excluding hydrogens is 208 g/mol. The zero-order chi connectivity index (χ0) is 11.7. The van der Waals surface area contributed by atoms with Gasteiger partial charge < -0.3 is 5.32 Å². The van der Waals surface area contributed by atoms with Gasteiger partial charge in [0.2, 0.25) is 0 Å². The molecule has 2 nitrogen and oxygen atoms in total. The predicted octanol–water partition coefficient (Wildman–Crippen LogP) is 2.78. The van der Waals surface area contributed by atoms with Gasteiger partial charge in [-0.25, -0.2) is 0 Å². The van der Waals surface area contributed by atoms with Crippen molar-refractivity contribution < 1.29 is 0 Å². The minimum atomic E-state index is 0.811. The van der Waals surface area contributed by atoms with Gasteiger partial charge in [0.05, 0.1) is 0 Å².